The van der Waals surface area contributed by atoms with Crippen molar-refractivity contribution in [3.05, 3.63) is 16.3 Å². The van der Waals surface area contributed by atoms with Gasteiger partial charge in [0.2, 0.25) is 10.0 Å². The van der Waals surface area contributed by atoms with Crippen LogP contribution < -0.4 is 0 Å². The van der Waals surface area contributed by atoms with Crippen LogP contribution in [0, 0.1) is 0 Å². The van der Waals surface area contributed by atoms with Gasteiger partial charge in [0.15, 0.2) is 0 Å². The molecule has 0 radical (unpaired) electrons. The highest BCUT2D eigenvalue weighted by molar-refractivity contribution is 7.89. The fourth-order valence-corrected chi connectivity index (χ4v) is 4.59. The van der Waals surface area contributed by atoms with Crippen LogP contribution in [-0.2, 0) is 16.6 Å². The predicted octanol–water partition coefficient (Wildman–Crippen LogP) is 2.05. The van der Waals surface area contributed by atoms with E-state index < -0.39 is 10.0 Å². The highest BCUT2D eigenvalue weighted by Crippen LogP contribution is 2.26. The molecule has 0 aliphatic carbocycles. The van der Waals surface area contributed by atoms with Crippen molar-refractivity contribution < 1.29 is 13.5 Å². The van der Waals surface area contributed by atoms with Crippen molar-refractivity contribution in [3.8, 4) is 0 Å². The number of sulfonamides is 1. The minimum Gasteiger partial charge on any atom is -0.391 e. The van der Waals surface area contributed by atoms with Crippen molar-refractivity contribution >= 4 is 21.4 Å². The molecule has 0 spiro atoms. The van der Waals surface area contributed by atoms with Gasteiger partial charge in [0.05, 0.1) is 11.5 Å². The monoisotopic (exact) mass is 277 g/mol. The molecule has 0 saturated heterocycles. The second kappa shape index (κ2) is 5.95. The molecule has 0 saturated carbocycles. The molecule has 0 bridgehead atoms. The van der Waals surface area contributed by atoms with Crippen LogP contribution >= 0.6 is 11.3 Å². The van der Waals surface area contributed by atoms with Crippen LogP contribution in [-0.4, -0.2) is 30.9 Å². The molecule has 0 aliphatic heterocycles. The summed E-state index contributed by atoms with van der Waals surface area (Å²) in [6.07, 6.45) is 1.57. The van der Waals surface area contributed by atoms with E-state index in [1.165, 1.54) is 15.6 Å². The van der Waals surface area contributed by atoms with Crippen molar-refractivity contribution in [1.82, 2.24) is 4.31 Å². The summed E-state index contributed by atoms with van der Waals surface area (Å²) < 4.78 is 26.1. The molecule has 0 atom stereocenters. The molecule has 1 rings (SSSR count). The Kier molecular flexibility index (Phi) is 5.12. The van der Waals surface area contributed by atoms with Crippen molar-refractivity contribution in [3.63, 3.8) is 0 Å². The van der Waals surface area contributed by atoms with Crippen LogP contribution in [0.25, 0.3) is 0 Å². The molecule has 98 valence electrons. The first-order valence-corrected chi connectivity index (χ1v) is 7.96. The van der Waals surface area contributed by atoms with Gasteiger partial charge in [-0.05, 0) is 24.3 Å². The Morgan fingerprint density at radius 1 is 1.41 bits per heavy atom. The van der Waals surface area contributed by atoms with E-state index >= 15 is 0 Å². The standard InChI is InChI=1S/C11H19NO3S2/c1-4-9(5-2)12(3)17(14,15)11-6-7-16-10(11)8-13/h6-7,9,13H,4-5,8H2,1-3H3. The molecule has 0 aliphatic rings. The zero-order valence-corrected chi connectivity index (χ0v) is 12.0. The number of rotatable bonds is 6. The van der Waals surface area contributed by atoms with Crippen molar-refractivity contribution in [2.45, 2.75) is 44.2 Å². The van der Waals surface area contributed by atoms with Gasteiger partial charge in [-0.1, -0.05) is 13.8 Å². The fourth-order valence-electron chi connectivity index (χ4n) is 1.83. The molecule has 1 N–H and O–H groups in total. The number of aliphatic hydroxyl groups excluding tert-OH is 1. The minimum atomic E-state index is -3.48. The zero-order valence-electron chi connectivity index (χ0n) is 10.4. The Labute approximate surface area is 107 Å². The summed E-state index contributed by atoms with van der Waals surface area (Å²) in [6, 6.07) is 1.57. The normalized spacial score (nSPS) is 12.6. The molecule has 4 nitrogen and oxygen atoms in total. The molecular formula is C11H19NO3S2. The van der Waals surface area contributed by atoms with E-state index in [9.17, 15) is 8.42 Å². The molecule has 6 heteroatoms. The third kappa shape index (κ3) is 2.88. The van der Waals surface area contributed by atoms with Crippen LogP contribution in [0.5, 0.6) is 0 Å². The number of hydrogen-bond acceptors (Lipinski definition) is 4. The summed E-state index contributed by atoms with van der Waals surface area (Å²) in [7, 11) is -1.88. The SMILES string of the molecule is CCC(CC)N(C)S(=O)(=O)c1ccsc1CO. The maximum atomic E-state index is 12.4. The summed E-state index contributed by atoms with van der Waals surface area (Å²) in [5.41, 5.74) is 0. The lowest BCUT2D eigenvalue weighted by atomic mass is 10.2. The summed E-state index contributed by atoms with van der Waals surface area (Å²) in [5.74, 6) is 0. The van der Waals surface area contributed by atoms with Gasteiger partial charge in [-0.3, -0.25) is 0 Å². The van der Waals surface area contributed by atoms with Crippen molar-refractivity contribution in [2.24, 2.45) is 0 Å². The maximum absolute atomic E-state index is 12.4. The number of thiophene rings is 1. The molecule has 0 fully saturated rings. The van der Waals surface area contributed by atoms with Gasteiger partial charge < -0.3 is 5.11 Å². The van der Waals surface area contributed by atoms with Crippen molar-refractivity contribution in [1.29, 1.82) is 0 Å². The Morgan fingerprint density at radius 2 is 2.00 bits per heavy atom. The van der Waals surface area contributed by atoms with Crippen LogP contribution in [0.3, 0.4) is 0 Å². The topological polar surface area (TPSA) is 57.6 Å². The van der Waals surface area contributed by atoms with E-state index in [1.54, 1.807) is 18.5 Å². The summed E-state index contributed by atoms with van der Waals surface area (Å²) >= 11 is 1.26. The fraction of sp³-hybridized carbons (Fsp3) is 0.636. The van der Waals surface area contributed by atoms with Crippen LogP contribution in [0.4, 0.5) is 0 Å². The second-order valence-corrected chi connectivity index (χ2v) is 6.82. The number of nitrogens with zero attached hydrogens (tertiary/aromatic N) is 1. The van der Waals surface area contributed by atoms with E-state index in [0.717, 1.165) is 12.8 Å². The number of aliphatic hydroxyl groups is 1. The van der Waals surface area contributed by atoms with E-state index in [-0.39, 0.29) is 17.5 Å². The van der Waals surface area contributed by atoms with Gasteiger partial charge in [-0.25, -0.2) is 8.42 Å². The van der Waals surface area contributed by atoms with Gasteiger partial charge in [0.1, 0.15) is 0 Å². The van der Waals surface area contributed by atoms with Crippen LogP contribution in [0.2, 0.25) is 0 Å². The van der Waals surface area contributed by atoms with Gasteiger partial charge in [-0.2, -0.15) is 4.31 Å². The lowest BCUT2D eigenvalue weighted by Crippen LogP contribution is -2.36. The smallest absolute Gasteiger partial charge is 0.244 e. The Hall–Kier alpha value is -0.430. The predicted molar refractivity (Wildman–Crippen MR) is 69.6 cm³/mol. The molecule has 0 amide bonds. The summed E-state index contributed by atoms with van der Waals surface area (Å²) in [5, 5.41) is 10.8. The lowest BCUT2D eigenvalue weighted by molar-refractivity contribution is 0.281. The van der Waals surface area contributed by atoms with E-state index in [1.807, 2.05) is 13.8 Å². The Bertz CT molecular complexity index is 449. The third-order valence-corrected chi connectivity index (χ3v) is 5.99. The molecule has 1 aromatic heterocycles. The van der Waals surface area contributed by atoms with E-state index in [2.05, 4.69) is 0 Å². The molecule has 0 unspecified atom stereocenters. The van der Waals surface area contributed by atoms with Gasteiger partial charge in [0, 0.05) is 18.0 Å². The zero-order chi connectivity index (χ0) is 13.1. The second-order valence-electron chi connectivity index (χ2n) is 3.86. The molecule has 17 heavy (non-hydrogen) atoms. The molecule has 1 heterocycles. The first kappa shape index (κ1) is 14.6. The highest BCUT2D eigenvalue weighted by atomic mass is 32.2. The van der Waals surface area contributed by atoms with E-state index in [0.29, 0.717) is 4.88 Å². The van der Waals surface area contributed by atoms with Crippen LogP contribution in [0.1, 0.15) is 31.6 Å². The summed E-state index contributed by atoms with van der Waals surface area (Å²) in [4.78, 5) is 0.738. The minimum absolute atomic E-state index is 0.00597. The van der Waals surface area contributed by atoms with Crippen molar-refractivity contribution in [2.75, 3.05) is 7.05 Å². The highest BCUT2D eigenvalue weighted by Gasteiger charge is 2.28. The first-order chi connectivity index (χ1) is 7.98. The number of hydrogen-bond donors (Lipinski definition) is 1. The van der Waals surface area contributed by atoms with Gasteiger partial charge in [0.25, 0.3) is 0 Å². The average Bonchev–Trinajstić information content (AvgIpc) is 2.79. The largest absolute Gasteiger partial charge is 0.391 e. The lowest BCUT2D eigenvalue weighted by Gasteiger charge is -2.25. The van der Waals surface area contributed by atoms with Gasteiger partial charge >= 0.3 is 0 Å². The average molecular weight is 277 g/mol. The summed E-state index contributed by atoms with van der Waals surface area (Å²) in [6.45, 7) is 3.71. The Balaban J connectivity index is 3.11. The molecular weight excluding hydrogens is 258 g/mol. The maximum Gasteiger partial charge on any atom is 0.244 e. The molecule has 0 aromatic carbocycles. The first-order valence-electron chi connectivity index (χ1n) is 5.64. The Morgan fingerprint density at radius 3 is 2.47 bits per heavy atom. The quantitative estimate of drug-likeness (QED) is 0.866. The van der Waals surface area contributed by atoms with Crippen LogP contribution in [0.15, 0.2) is 16.3 Å². The van der Waals surface area contributed by atoms with E-state index in [4.69, 9.17) is 5.11 Å². The van der Waals surface area contributed by atoms with Gasteiger partial charge in [-0.15, -0.1) is 11.3 Å². The third-order valence-electron chi connectivity index (χ3n) is 2.96. The molecule has 1 aromatic rings.